The molecule has 0 saturated carbocycles. The molecule has 0 radical (unpaired) electrons. The van der Waals surface area contributed by atoms with Crippen LogP contribution in [0.5, 0.6) is 0 Å². The van der Waals surface area contributed by atoms with Crippen LogP contribution < -0.4 is 5.32 Å². The molecular formula is C14H32N2. The number of hydrogen-bond donors (Lipinski definition) is 1. The number of nitrogens with one attached hydrogen (secondary N) is 1. The van der Waals surface area contributed by atoms with Crippen molar-refractivity contribution >= 4 is 0 Å². The molecule has 0 aliphatic rings. The van der Waals surface area contributed by atoms with Crippen molar-refractivity contribution in [2.45, 2.75) is 60.5 Å². The summed E-state index contributed by atoms with van der Waals surface area (Å²) in [6.07, 6.45) is 0. The summed E-state index contributed by atoms with van der Waals surface area (Å²) < 4.78 is 0. The van der Waals surface area contributed by atoms with E-state index in [0.717, 1.165) is 19.0 Å². The summed E-state index contributed by atoms with van der Waals surface area (Å²) in [4.78, 5) is 2.48. The van der Waals surface area contributed by atoms with Gasteiger partial charge in [-0.3, -0.25) is 0 Å². The molecule has 1 N–H and O–H groups in total. The Bertz CT molecular complexity index is 185. The predicted molar refractivity (Wildman–Crippen MR) is 73.8 cm³/mol. The van der Waals surface area contributed by atoms with Crippen molar-refractivity contribution < 1.29 is 0 Å². The van der Waals surface area contributed by atoms with E-state index in [-0.39, 0.29) is 0 Å². The molecule has 2 heteroatoms. The van der Waals surface area contributed by atoms with Crippen LogP contribution in [0.15, 0.2) is 0 Å². The number of hydrogen-bond acceptors (Lipinski definition) is 2. The molecule has 0 spiro atoms. The molecule has 0 aromatic rings. The van der Waals surface area contributed by atoms with Gasteiger partial charge in [-0.2, -0.15) is 0 Å². The third-order valence-electron chi connectivity index (χ3n) is 3.33. The molecule has 0 aliphatic heterocycles. The summed E-state index contributed by atoms with van der Waals surface area (Å²) in [5.41, 5.74) is 0.335. The van der Waals surface area contributed by atoms with E-state index in [0.29, 0.717) is 17.5 Å². The Morgan fingerprint density at radius 1 is 1.06 bits per heavy atom. The minimum Gasteiger partial charge on any atom is -0.314 e. The van der Waals surface area contributed by atoms with Gasteiger partial charge in [-0.15, -0.1) is 0 Å². The second-order valence-corrected chi connectivity index (χ2v) is 6.60. The van der Waals surface area contributed by atoms with Gasteiger partial charge in [0.05, 0.1) is 0 Å². The van der Waals surface area contributed by atoms with Gasteiger partial charge in [-0.1, -0.05) is 41.5 Å². The molecule has 0 bridgehead atoms. The lowest BCUT2D eigenvalue weighted by Gasteiger charge is -2.36. The Hall–Kier alpha value is -0.0800. The minimum absolute atomic E-state index is 0.335. The van der Waals surface area contributed by atoms with Crippen molar-refractivity contribution in [3.63, 3.8) is 0 Å². The first-order valence-corrected chi connectivity index (χ1v) is 6.59. The Morgan fingerprint density at radius 2 is 1.56 bits per heavy atom. The van der Waals surface area contributed by atoms with Crippen LogP contribution in [0.1, 0.15) is 48.5 Å². The van der Waals surface area contributed by atoms with Crippen LogP contribution in [-0.4, -0.2) is 37.1 Å². The van der Waals surface area contributed by atoms with Crippen LogP contribution in [-0.2, 0) is 0 Å². The van der Waals surface area contributed by atoms with Gasteiger partial charge >= 0.3 is 0 Å². The average Bonchev–Trinajstić information content (AvgIpc) is 2.12. The smallest absolute Gasteiger partial charge is 0.00871 e. The zero-order valence-corrected chi connectivity index (χ0v) is 12.6. The highest BCUT2D eigenvalue weighted by atomic mass is 15.1. The zero-order chi connectivity index (χ0) is 12.9. The van der Waals surface area contributed by atoms with Crippen LogP contribution in [0, 0.1) is 11.3 Å². The predicted octanol–water partition coefficient (Wildman–Crippen LogP) is 2.99. The molecule has 0 saturated heterocycles. The van der Waals surface area contributed by atoms with E-state index in [4.69, 9.17) is 0 Å². The topological polar surface area (TPSA) is 15.3 Å². The maximum Gasteiger partial charge on any atom is 0.00871 e. The number of nitrogens with zero attached hydrogens (tertiary/aromatic N) is 1. The third kappa shape index (κ3) is 6.49. The van der Waals surface area contributed by atoms with E-state index < -0.39 is 0 Å². The molecule has 16 heavy (non-hydrogen) atoms. The summed E-state index contributed by atoms with van der Waals surface area (Å²) >= 11 is 0. The van der Waals surface area contributed by atoms with E-state index in [2.05, 4.69) is 65.7 Å². The Kier molecular flexibility index (Phi) is 6.57. The summed E-state index contributed by atoms with van der Waals surface area (Å²) in [5, 5.41) is 3.53. The van der Waals surface area contributed by atoms with E-state index in [1.807, 2.05) is 0 Å². The molecule has 0 fully saturated rings. The Morgan fingerprint density at radius 3 is 1.94 bits per heavy atom. The highest BCUT2D eigenvalue weighted by molar-refractivity contribution is 4.79. The standard InChI is InChI=1S/C14H32N2/c1-11(2)13(5)16(8)10-14(6,7)9-15-12(3)4/h11-13,15H,9-10H2,1-8H3. The molecule has 0 aromatic carbocycles. The van der Waals surface area contributed by atoms with Crippen molar-refractivity contribution in [1.29, 1.82) is 0 Å². The fraction of sp³-hybridized carbons (Fsp3) is 1.00. The second-order valence-electron chi connectivity index (χ2n) is 6.60. The van der Waals surface area contributed by atoms with Crippen LogP contribution in [0.2, 0.25) is 0 Å². The highest BCUT2D eigenvalue weighted by Gasteiger charge is 2.23. The van der Waals surface area contributed by atoms with Gasteiger partial charge in [-0.25, -0.2) is 0 Å². The monoisotopic (exact) mass is 228 g/mol. The van der Waals surface area contributed by atoms with E-state index >= 15 is 0 Å². The SMILES string of the molecule is CC(C)NCC(C)(C)CN(C)C(C)C(C)C. The van der Waals surface area contributed by atoms with Gasteiger partial charge in [0, 0.05) is 25.2 Å². The van der Waals surface area contributed by atoms with Gasteiger partial charge < -0.3 is 10.2 Å². The third-order valence-corrected chi connectivity index (χ3v) is 3.33. The molecule has 0 aliphatic carbocycles. The molecule has 0 aromatic heterocycles. The van der Waals surface area contributed by atoms with E-state index in [1.165, 1.54) is 0 Å². The average molecular weight is 228 g/mol. The van der Waals surface area contributed by atoms with Gasteiger partial charge in [0.2, 0.25) is 0 Å². The first kappa shape index (κ1) is 15.9. The van der Waals surface area contributed by atoms with E-state index in [9.17, 15) is 0 Å². The summed E-state index contributed by atoms with van der Waals surface area (Å²) in [6.45, 7) is 18.2. The van der Waals surface area contributed by atoms with Gasteiger partial charge in [0.1, 0.15) is 0 Å². The Labute approximate surface area is 103 Å². The molecule has 0 rings (SSSR count). The normalized spacial score (nSPS) is 15.2. The van der Waals surface area contributed by atoms with Crippen LogP contribution in [0.3, 0.4) is 0 Å². The lowest BCUT2D eigenvalue weighted by Crippen LogP contribution is -2.44. The van der Waals surface area contributed by atoms with Crippen LogP contribution in [0.25, 0.3) is 0 Å². The summed E-state index contributed by atoms with van der Waals surface area (Å²) in [6, 6.07) is 1.23. The van der Waals surface area contributed by atoms with Crippen molar-refractivity contribution in [3.8, 4) is 0 Å². The molecule has 98 valence electrons. The van der Waals surface area contributed by atoms with E-state index in [1.54, 1.807) is 0 Å². The molecule has 0 heterocycles. The lowest BCUT2D eigenvalue weighted by atomic mass is 9.91. The minimum atomic E-state index is 0.335. The quantitative estimate of drug-likeness (QED) is 0.720. The molecular weight excluding hydrogens is 196 g/mol. The van der Waals surface area contributed by atoms with Gasteiger partial charge in [0.25, 0.3) is 0 Å². The maximum atomic E-state index is 3.53. The molecule has 1 atom stereocenters. The van der Waals surface area contributed by atoms with Crippen molar-refractivity contribution in [1.82, 2.24) is 10.2 Å². The van der Waals surface area contributed by atoms with Gasteiger partial charge in [-0.05, 0) is 25.3 Å². The molecule has 0 amide bonds. The zero-order valence-electron chi connectivity index (χ0n) is 12.6. The van der Waals surface area contributed by atoms with Crippen LogP contribution >= 0.6 is 0 Å². The largest absolute Gasteiger partial charge is 0.314 e. The second kappa shape index (κ2) is 6.61. The first-order valence-electron chi connectivity index (χ1n) is 6.59. The van der Waals surface area contributed by atoms with Crippen molar-refractivity contribution in [3.05, 3.63) is 0 Å². The van der Waals surface area contributed by atoms with Gasteiger partial charge in [0.15, 0.2) is 0 Å². The lowest BCUT2D eigenvalue weighted by molar-refractivity contribution is 0.138. The van der Waals surface area contributed by atoms with Crippen molar-refractivity contribution in [2.24, 2.45) is 11.3 Å². The number of rotatable bonds is 7. The fourth-order valence-electron chi connectivity index (χ4n) is 1.86. The summed E-state index contributed by atoms with van der Waals surface area (Å²) in [7, 11) is 2.24. The maximum absolute atomic E-state index is 3.53. The fourth-order valence-corrected chi connectivity index (χ4v) is 1.86. The molecule has 1 unspecified atom stereocenters. The summed E-state index contributed by atoms with van der Waals surface area (Å²) in [5.74, 6) is 0.721. The Balaban J connectivity index is 4.13. The van der Waals surface area contributed by atoms with Crippen LogP contribution in [0.4, 0.5) is 0 Å². The van der Waals surface area contributed by atoms with Crippen molar-refractivity contribution in [2.75, 3.05) is 20.1 Å². The highest BCUT2D eigenvalue weighted by Crippen LogP contribution is 2.19. The first-order chi connectivity index (χ1) is 7.15. The molecule has 2 nitrogen and oxygen atoms in total.